The topological polar surface area (TPSA) is 43.8 Å². The van der Waals surface area contributed by atoms with Gasteiger partial charge in [0.1, 0.15) is 0 Å². The smallest absolute Gasteiger partial charge is 0.0682 e. The van der Waals surface area contributed by atoms with Crippen molar-refractivity contribution in [1.82, 2.24) is 9.78 Å². The summed E-state index contributed by atoms with van der Waals surface area (Å²) in [5.41, 5.74) is 9.09. The van der Waals surface area contributed by atoms with Crippen LogP contribution in [0.5, 0.6) is 0 Å². The van der Waals surface area contributed by atoms with E-state index in [4.69, 9.17) is 5.73 Å². The maximum Gasteiger partial charge on any atom is 0.0682 e. The Hall–Kier alpha value is -1.32. The summed E-state index contributed by atoms with van der Waals surface area (Å²) in [5.74, 6) is 0. The molecular formula is C11H14ClN3. The van der Waals surface area contributed by atoms with Crippen LogP contribution in [0.3, 0.4) is 0 Å². The summed E-state index contributed by atoms with van der Waals surface area (Å²) in [6, 6.07) is 10.1. The molecule has 1 heterocycles. The van der Waals surface area contributed by atoms with Crippen molar-refractivity contribution in [2.75, 3.05) is 0 Å². The van der Waals surface area contributed by atoms with Gasteiger partial charge >= 0.3 is 0 Å². The molecule has 2 N–H and O–H groups in total. The van der Waals surface area contributed by atoms with Crippen molar-refractivity contribution in [3.05, 3.63) is 42.1 Å². The first-order valence-corrected chi connectivity index (χ1v) is 4.59. The Morgan fingerprint density at radius 3 is 2.60 bits per heavy atom. The summed E-state index contributed by atoms with van der Waals surface area (Å²) in [4.78, 5) is 0. The number of hydrogen-bond acceptors (Lipinski definition) is 2. The van der Waals surface area contributed by atoms with Crippen LogP contribution in [-0.2, 0) is 13.6 Å². The number of nitrogens with two attached hydrogens (primary N) is 1. The Kier molecular flexibility index (Phi) is 3.88. The Morgan fingerprint density at radius 1 is 1.27 bits per heavy atom. The van der Waals surface area contributed by atoms with Crippen LogP contribution in [0.25, 0.3) is 11.3 Å². The predicted octanol–water partition coefficient (Wildman–Crippen LogP) is 1.97. The molecule has 4 heteroatoms. The largest absolute Gasteiger partial charge is 0.326 e. The lowest BCUT2D eigenvalue weighted by Gasteiger charge is -2.07. The zero-order valence-corrected chi connectivity index (χ0v) is 9.37. The summed E-state index contributed by atoms with van der Waals surface area (Å²) in [6.45, 7) is 0.557. The van der Waals surface area contributed by atoms with Crippen LogP contribution in [0.1, 0.15) is 5.56 Å². The van der Waals surface area contributed by atoms with Gasteiger partial charge in [-0.15, -0.1) is 12.4 Å². The van der Waals surface area contributed by atoms with Crippen LogP contribution in [0.2, 0.25) is 0 Å². The molecule has 0 amide bonds. The summed E-state index contributed by atoms with van der Waals surface area (Å²) >= 11 is 0. The molecule has 1 aromatic carbocycles. The predicted molar refractivity (Wildman–Crippen MR) is 63.8 cm³/mol. The maximum atomic E-state index is 5.68. The summed E-state index contributed by atoms with van der Waals surface area (Å²) in [7, 11) is 1.93. The van der Waals surface area contributed by atoms with Gasteiger partial charge in [0.25, 0.3) is 0 Å². The Morgan fingerprint density at radius 2 is 2.00 bits per heavy atom. The highest BCUT2D eigenvalue weighted by molar-refractivity contribution is 5.85. The van der Waals surface area contributed by atoms with Crippen LogP contribution in [0.15, 0.2) is 36.5 Å². The van der Waals surface area contributed by atoms with Crippen molar-refractivity contribution in [3.63, 3.8) is 0 Å². The van der Waals surface area contributed by atoms with Crippen LogP contribution in [0.4, 0.5) is 0 Å². The Bertz CT molecular complexity index is 437. The highest BCUT2D eigenvalue weighted by atomic mass is 35.5. The number of hydrogen-bond donors (Lipinski definition) is 1. The molecule has 0 fully saturated rings. The lowest BCUT2D eigenvalue weighted by molar-refractivity contribution is 0.774. The fourth-order valence-corrected chi connectivity index (χ4v) is 1.59. The van der Waals surface area contributed by atoms with E-state index >= 15 is 0 Å². The van der Waals surface area contributed by atoms with Gasteiger partial charge in [-0.05, 0) is 11.6 Å². The molecule has 1 aromatic heterocycles. The molecular weight excluding hydrogens is 210 g/mol. The van der Waals surface area contributed by atoms with E-state index in [0.29, 0.717) is 6.54 Å². The number of nitrogens with zero attached hydrogens (tertiary/aromatic N) is 2. The van der Waals surface area contributed by atoms with E-state index in [9.17, 15) is 0 Å². The second-order valence-corrected chi connectivity index (χ2v) is 3.20. The van der Waals surface area contributed by atoms with Gasteiger partial charge in [-0.3, -0.25) is 4.68 Å². The van der Waals surface area contributed by atoms with Crippen LogP contribution in [-0.4, -0.2) is 9.78 Å². The molecule has 0 atom stereocenters. The second kappa shape index (κ2) is 4.96. The Labute approximate surface area is 95.3 Å². The third-order valence-electron chi connectivity index (χ3n) is 2.33. The summed E-state index contributed by atoms with van der Waals surface area (Å²) in [5, 5.41) is 4.14. The van der Waals surface area contributed by atoms with Crippen LogP contribution in [0, 0.1) is 0 Å². The SMILES string of the molecule is Cl.Cn1nccc1-c1ccccc1CN. The van der Waals surface area contributed by atoms with E-state index in [-0.39, 0.29) is 12.4 Å². The maximum absolute atomic E-state index is 5.68. The molecule has 0 aliphatic heterocycles. The highest BCUT2D eigenvalue weighted by Crippen LogP contribution is 2.21. The first-order valence-electron chi connectivity index (χ1n) is 4.59. The fourth-order valence-electron chi connectivity index (χ4n) is 1.59. The molecule has 0 aliphatic carbocycles. The van der Waals surface area contributed by atoms with Crippen molar-refractivity contribution in [3.8, 4) is 11.3 Å². The third-order valence-corrected chi connectivity index (χ3v) is 2.33. The van der Waals surface area contributed by atoms with Crippen LogP contribution < -0.4 is 5.73 Å². The number of benzene rings is 1. The summed E-state index contributed by atoms with van der Waals surface area (Å²) < 4.78 is 1.86. The van der Waals surface area contributed by atoms with Crippen molar-refractivity contribution in [2.45, 2.75) is 6.54 Å². The molecule has 0 radical (unpaired) electrons. The minimum atomic E-state index is 0. The monoisotopic (exact) mass is 223 g/mol. The van der Waals surface area contributed by atoms with E-state index in [1.165, 1.54) is 0 Å². The van der Waals surface area contributed by atoms with Gasteiger partial charge in [0, 0.05) is 25.4 Å². The minimum Gasteiger partial charge on any atom is -0.326 e. The third kappa shape index (κ3) is 2.19. The van der Waals surface area contributed by atoms with Gasteiger partial charge in [0.2, 0.25) is 0 Å². The normalized spacial score (nSPS) is 9.73. The van der Waals surface area contributed by atoms with E-state index in [1.54, 1.807) is 6.20 Å². The molecule has 2 rings (SSSR count). The average Bonchev–Trinajstić information content (AvgIpc) is 2.64. The molecule has 3 nitrogen and oxygen atoms in total. The average molecular weight is 224 g/mol. The zero-order valence-electron chi connectivity index (χ0n) is 8.55. The lowest BCUT2D eigenvalue weighted by Crippen LogP contribution is -2.01. The molecule has 80 valence electrons. The first-order chi connectivity index (χ1) is 6.83. The van der Waals surface area contributed by atoms with Gasteiger partial charge in [-0.2, -0.15) is 5.10 Å². The number of aromatic nitrogens is 2. The van der Waals surface area contributed by atoms with Gasteiger partial charge < -0.3 is 5.73 Å². The van der Waals surface area contributed by atoms with Crippen molar-refractivity contribution in [1.29, 1.82) is 0 Å². The van der Waals surface area contributed by atoms with E-state index < -0.39 is 0 Å². The van der Waals surface area contributed by atoms with Crippen molar-refractivity contribution >= 4 is 12.4 Å². The van der Waals surface area contributed by atoms with Gasteiger partial charge in [-0.1, -0.05) is 24.3 Å². The molecule has 15 heavy (non-hydrogen) atoms. The van der Waals surface area contributed by atoms with Gasteiger partial charge in [0.15, 0.2) is 0 Å². The van der Waals surface area contributed by atoms with E-state index in [2.05, 4.69) is 11.2 Å². The molecule has 0 unspecified atom stereocenters. The molecule has 0 saturated heterocycles. The number of rotatable bonds is 2. The molecule has 0 spiro atoms. The fraction of sp³-hybridized carbons (Fsp3) is 0.182. The second-order valence-electron chi connectivity index (χ2n) is 3.20. The molecule has 0 aliphatic rings. The molecule has 0 bridgehead atoms. The first kappa shape index (κ1) is 11.8. The highest BCUT2D eigenvalue weighted by Gasteiger charge is 2.05. The van der Waals surface area contributed by atoms with Gasteiger partial charge in [-0.25, -0.2) is 0 Å². The van der Waals surface area contributed by atoms with E-state index in [1.807, 2.05) is 36.0 Å². The van der Waals surface area contributed by atoms with E-state index in [0.717, 1.165) is 16.8 Å². The quantitative estimate of drug-likeness (QED) is 0.846. The van der Waals surface area contributed by atoms with Gasteiger partial charge in [0.05, 0.1) is 5.69 Å². The van der Waals surface area contributed by atoms with Crippen molar-refractivity contribution in [2.24, 2.45) is 12.8 Å². The van der Waals surface area contributed by atoms with Crippen LogP contribution >= 0.6 is 12.4 Å². The zero-order chi connectivity index (χ0) is 9.97. The molecule has 0 saturated carbocycles. The minimum absolute atomic E-state index is 0. The standard InChI is InChI=1S/C11H13N3.ClH/c1-14-11(6-7-13-14)10-5-3-2-4-9(10)8-12;/h2-7H,8,12H2,1H3;1H. The number of aryl methyl sites for hydroxylation is 1. The number of halogens is 1. The summed E-state index contributed by atoms with van der Waals surface area (Å²) in [6.07, 6.45) is 1.79. The Balaban J connectivity index is 0.00000112. The molecule has 2 aromatic rings. The lowest BCUT2D eigenvalue weighted by atomic mass is 10.0. The van der Waals surface area contributed by atoms with Crippen molar-refractivity contribution < 1.29 is 0 Å².